The molecule has 1 aromatic carbocycles. The summed E-state index contributed by atoms with van der Waals surface area (Å²) in [5, 5.41) is 2.60. The molecule has 0 aromatic heterocycles. The Hall–Kier alpha value is -1.84. The average molecular weight is 262 g/mol. The number of hydrogen-bond donors (Lipinski definition) is 1. The zero-order valence-corrected chi connectivity index (χ0v) is 11.8. The second kappa shape index (κ2) is 7.56. The van der Waals surface area contributed by atoms with Crippen molar-refractivity contribution in [2.24, 2.45) is 0 Å². The predicted molar refractivity (Wildman–Crippen MR) is 75.4 cm³/mol. The fraction of sp³-hybridized carbons (Fsp3) is 0.467. The molecule has 4 heteroatoms. The van der Waals surface area contributed by atoms with Gasteiger partial charge in [-0.1, -0.05) is 37.3 Å². The Morgan fingerprint density at radius 1 is 1.26 bits per heavy atom. The lowest BCUT2D eigenvalue weighted by Crippen LogP contribution is -2.46. The van der Waals surface area contributed by atoms with Gasteiger partial charge >= 0.3 is 0 Å². The van der Waals surface area contributed by atoms with Crippen molar-refractivity contribution in [3.8, 4) is 0 Å². The molecule has 1 rings (SSSR count). The van der Waals surface area contributed by atoms with E-state index in [1.807, 2.05) is 37.3 Å². The Bertz CT molecular complexity index is 417. The molecule has 0 radical (unpaired) electrons. The summed E-state index contributed by atoms with van der Waals surface area (Å²) >= 11 is 0. The third-order valence-electron chi connectivity index (χ3n) is 3.07. The standard InChI is InChI=1S/C15H22N2O2/c1-4-8-14(18)17(12(2)15(19)16-3)11-13-9-6-5-7-10-13/h5-7,9-10,12H,4,8,11H2,1-3H3,(H,16,19). The summed E-state index contributed by atoms with van der Waals surface area (Å²) in [5.41, 5.74) is 1.03. The van der Waals surface area contributed by atoms with E-state index in [2.05, 4.69) is 5.32 Å². The molecule has 104 valence electrons. The molecule has 0 aliphatic carbocycles. The van der Waals surface area contributed by atoms with Crippen LogP contribution in [0, 0.1) is 0 Å². The topological polar surface area (TPSA) is 49.4 Å². The number of nitrogens with zero attached hydrogens (tertiary/aromatic N) is 1. The van der Waals surface area contributed by atoms with Crippen LogP contribution in [0.3, 0.4) is 0 Å². The van der Waals surface area contributed by atoms with Gasteiger partial charge in [0.05, 0.1) is 0 Å². The lowest BCUT2D eigenvalue weighted by Gasteiger charge is -2.28. The van der Waals surface area contributed by atoms with Crippen LogP contribution >= 0.6 is 0 Å². The number of carbonyl (C=O) groups excluding carboxylic acids is 2. The van der Waals surface area contributed by atoms with E-state index in [0.29, 0.717) is 13.0 Å². The zero-order chi connectivity index (χ0) is 14.3. The molecule has 4 nitrogen and oxygen atoms in total. The minimum absolute atomic E-state index is 0.0162. The Labute approximate surface area is 114 Å². The van der Waals surface area contributed by atoms with Crippen LogP contribution in [0.4, 0.5) is 0 Å². The van der Waals surface area contributed by atoms with E-state index in [1.54, 1.807) is 18.9 Å². The molecular formula is C15H22N2O2. The normalized spacial score (nSPS) is 11.7. The maximum Gasteiger partial charge on any atom is 0.242 e. The number of hydrogen-bond acceptors (Lipinski definition) is 2. The van der Waals surface area contributed by atoms with Crippen molar-refractivity contribution in [2.75, 3.05) is 7.05 Å². The van der Waals surface area contributed by atoms with Gasteiger partial charge in [0.2, 0.25) is 11.8 Å². The van der Waals surface area contributed by atoms with E-state index in [0.717, 1.165) is 12.0 Å². The van der Waals surface area contributed by atoms with Crippen LogP contribution in [0.1, 0.15) is 32.3 Å². The monoisotopic (exact) mass is 262 g/mol. The molecule has 0 bridgehead atoms. The number of nitrogens with one attached hydrogen (secondary N) is 1. The first kappa shape index (κ1) is 15.2. The van der Waals surface area contributed by atoms with Crippen LogP contribution < -0.4 is 5.32 Å². The average Bonchev–Trinajstić information content (AvgIpc) is 2.44. The van der Waals surface area contributed by atoms with Crippen LogP contribution in [0.25, 0.3) is 0 Å². The number of rotatable bonds is 6. The van der Waals surface area contributed by atoms with Gasteiger partial charge < -0.3 is 10.2 Å². The summed E-state index contributed by atoms with van der Waals surface area (Å²) in [6.45, 7) is 4.19. The summed E-state index contributed by atoms with van der Waals surface area (Å²) in [4.78, 5) is 25.5. The quantitative estimate of drug-likeness (QED) is 0.852. The van der Waals surface area contributed by atoms with Gasteiger partial charge in [0, 0.05) is 20.0 Å². The van der Waals surface area contributed by atoms with Crippen molar-refractivity contribution < 1.29 is 9.59 Å². The van der Waals surface area contributed by atoms with Crippen LogP contribution in [0.15, 0.2) is 30.3 Å². The van der Waals surface area contributed by atoms with Crippen molar-refractivity contribution in [3.05, 3.63) is 35.9 Å². The van der Waals surface area contributed by atoms with E-state index in [1.165, 1.54) is 0 Å². The molecule has 2 amide bonds. The van der Waals surface area contributed by atoms with E-state index in [4.69, 9.17) is 0 Å². The third-order valence-corrected chi connectivity index (χ3v) is 3.07. The van der Waals surface area contributed by atoms with Crippen molar-refractivity contribution in [3.63, 3.8) is 0 Å². The minimum atomic E-state index is -0.454. The van der Waals surface area contributed by atoms with Gasteiger partial charge in [-0.2, -0.15) is 0 Å². The van der Waals surface area contributed by atoms with E-state index < -0.39 is 6.04 Å². The van der Waals surface area contributed by atoms with Crippen LogP contribution in [0.2, 0.25) is 0 Å². The molecule has 0 fully saturated rings. The fourth-order valence-corrected chi connectivity index (χ4v) is 1.93. The number of likely N-dealkylation sites (N-methyl/N-ethyl adjacent to an activating group) is 1. The number of carbonyl (C=O) groups is 2. The first-order valence-electron chi connectivity index (χ1n) is 6.65. The van der Waals surface area contributed by atoms with Gasteiger partial charge in [-0.05, 0) is 18.9 Å². The van der Waals surface area contributed by atoms with Crippen LogP contribution in [-0.2, 0) is 16.1 Å². The van der Waals surface area contributed by atoms with Crippen molar-refractivity contribution in [2.45, 2.75) is 39.3 Å². The van der Waals surface area contributed by atoms with Gasteiger partial charge in [-0.25, -0.2) is 0 Å². The second-order valence-electron chi connectivity index (χ2n) is 4.55. The second-order valence-corrected chi connectivity index (χ2v) is 4.55. The van der Waals surface area contributed by atoms with Crippen molar-refractivity contribution in [1.82, 2.24) is 10.2 Å². The smallest absolute Gasteiger partial charge is 0.242 e. The summed E-state index contributed by atoms with van der Waals surface area (Å²) in [6.07, 6.45) is 1.25. The molecule has 1 N–H and O–H groups in total. The SMILES string of the molecule is CCCC(=O)N(Cc1ccccc1)C(C)C(=O)NC. The lowest BCUT2D eigenvalue weighted by atomic mass is 10.1. The third kappa shape index (κ3) is 4.39. The lowest BCUT2D eigenvalue weighted by molar-refractivity contribution is -0.140. The molecule has 1 unspecified atom stereocenters. The maximum absolute atomic E-state index is 12.2. The molecule has 0 saturated carbocycles. The number of amides is 2. The van der Waals surface area contributed by atoms with Crippen molar-refractivity contribution >= 4 is 11.8 Å². The molecule has 0 aliphatic heterocycles. The van der Waals surface area contributed by atoms with E-state index >= 15 is 0 Å². The van der Waals surface area contributed by atoms with Crippen LogP contribution in [-0.4, -0.2) is 29.8 Å². The van der Waals surface area contributed by atoms with E-state index in [-0.39, 0.29) is 11.8 Å². The van der Waals surface area contributed by atoms with Crippen LogP contribution in [0.5, 0.6) is 0 Å². The molecule has 0 spiro atoms. The summed E-state index contributed by atoms with van der Waals surface area (Å²) in [5.74, 6) is -0.122. The molecule has 0 saturated heterocycles. The fourth-order valence-electron chi connectivity index (χ4n) is 1.93. The predicted octanol–water partition coefficient (Wildman–Crippen LogP) is 1.95. The summed E-state index contributed by atoms with van der Waals surface area (Å²) in [7, 11) is 1.59. The van der Waals surface area contributed by atoms with Crippen molar-refractivity contribution in [1.29, 1.82) is 0 Å². The Kier molecular flexibility index (Phi) is 6.06. The Morgan fingerprint density at radius 3 is 2.42 bits per heavy atom. The molecular weight excluding hydrogens is 240 g/mol. The van der Waals surface area contributed by atoms with Gasteiger partial charge in [0.25, 0.3) is 0 Å². The summed E-state index contributed by atoms with van der Waals surface area (Å²) in [6, 6.07) is 9.27. The van der Waals surface area contributed by atoms with E-state index in [9.17, 15) is 9.59 Å². The molecule has 19 heavy (non-hydrogen) atoms. The molecule has 1 aromatic rings. The van der Waals surface area contributed by atoms with Gasteiger partial charge in [-0.3, -0.25) is 9.59 Å². The highest BCUT2D eigenvalue weighted by molar-refractivity contribution is 5.87. The van der Waals surface area contributed by atoms with Gasteiger partial charge in [-0.15, -0.1) is 0 Å². The maximum atomic E-state index is 12.2. The minimum Gasteiger partial charge on any atom is -0.357 e. The Balaban J connectivity index is 2.86. The summed E-state index contributed by atoms with van der Waals surface area (Å²) < 4.78 is 0. The highest BCUT2D eigenvalue weighted by atomic mass is 16.2. The van der Waals surface area contributed by atoms with Gasteiger partial charge in [0.1, 0.15) is 6.04 Å². The Morgan fingerprint density at radius 2 is 1.89 bits per heavy atom. The largest absolute Gasteiger partial charge is 0.357 e. The molecule has 0 heterocycles. The first-order chi connectivity index (χ1) is 9.10. The number of benzene rings is 1. The molecule has 1 atom stereocenters. The zero-order valence-electron chi connectivity index (χ0n) is 11.8. The van der Waals surface area contributed by atoms with Gasteiger partial charge in [0.15, 0.2) is 0 Å². The highest BCUT2D eigenvalue weighted by Gasteiger charge is 2.24. The molecule has 0 aliphatic rings. The highest BCUT2D eigenvalue weighted by Crippen LogP contribution is 2.11. The first-order valence-corrected chi connectivity index (χ1v) is 6.65.